The van der Waals surface area contributed by atoms with E-state index >= 15 is 0 Å². The molecular weight excluding hydrogens is 333 g/mol. The lowest BCUT2D eigenvalue weighted by Crippen LogP contribution is -2.42. The number of amides is 1. The highest BCUT2D eigenvalue weighted by molar-refractivity contribution is 5.85. The number of hydrogen-bond donors (Lipinski definition) is 1. The van der Waals surface area contributed by atoms with Gasteiger partial charge in [-0.15, -0.1) is 24.8 Å². The van der Waals surface area contributed by atoms with Crippen molar-refractivity contribution >= 4 is 30.7 Å². The van der Waals surface area contributed by atoms with Crippen LogP contribution in [0.4, 0.5) is 0 Å². The lowest BCUT2D eigenvalue weighted by Gasteiger charge is -2.35. The van der Waals surface area contributed by atoms with E-state index in [9.17, 15) is 4.79 Å². The smallest absolute Gasteiger partial charge is 0.222 e. The molecule has 0 spiro atoms. The highest BCUT2D eigenvalue weighted by Gasteiger charge is 2.25. The third-order valence-corrected chi connectivity index (χ3v) is 5.30. The molecule has 2 rings (SSSR count). The molecule has 0 aromatic carbocycles. The third kappa shape index (κ3) is 7.59. The maximum Gasteiger partial charge on any atom is 0.222 e. The summed E-state index contributed by atoms with van der Waals surface area (Å²) in [5.74, 6) is 1.81. The third-order valence-electron chi connectivity index (χ3n) is 5.30. The Hall–Kier alpha value is -0.0300. The van der Waals surface area contributed by atoms with E-state index in [2.05, 4.69) is 29.0 Å². The molecule has 0 aromatic rings. The zero-order chi connectivity index (χ0) is 15.1. The Morgan fingerprint density at radius 2 is 1.57 bits per heavy atom. The maximum absolute atomic E-state index is 12.4. The molecule has 1 N–H and O–H groups in total. The lowest BCUT2D eigenvalue weighted by atomic mass is 9.92. The van der Waals surface area contributed by atoms with Gasteiger partial charge in [0.1, 0.15) is 0 Å². The molecule has 6 heteroatoms. The van der Waals surface area contributed by atoms with Crippen LogP contribution in [0.25, 0.3) is 0 Å². The first-order valence-corrected chi connectivity index (χ1v) is 8.93. The van der Waals surface area contributed by atoms with Crippen LogP contribution in [0.5, 0.6) is 0 Å². The second-order valence-electron chi connectivity index (χ2n) is 6.71. The number of nitrogens with one attached hydrogen (secondary N) is 1. The molecule has 0 aromatic heterocycles. The fraction of sp³-hybridized carbons (Fsp3) is 0.941. The Labute approximate surface area is 154 Å². The van der Waals surface area contributed by atoms with Crippen LogP contribution < -0.4 is 5.32 Å². The quantitative estimate of drug-likeness (QED) is 0.783. The molecule has 0 aliphatic carbocycles. The summed E-state index contributed by atoms with van der Waals surface area (Å²) in [6.07, 6.45) is 5.50. The standard InChI is InChI=1S/C17H33N3O.2ClH/c1-3-19(4-2)14-16-7-11-20(12-8-16)17(21)13-15-5-9-18-10-6-15;;/h15-16,18H,3-14H2,1-2H3;2*1H. The van der Waals surface area contributed by atoms with Crippen molar-refractivity contribution in [2.45, 2.75) is 46.0 Å². The van der Waals surface area contributed by atoms with Gasteiger partial charge in [0.15, 0.2) is 0 Å². The highest BCUT2D eigenvalue weighted by Crippen LogP contribution is 2.22. The number of halogens is 2. The summed E-state index contributed by atoms with van der Waals surface area (Å²) in [6, 6.07) is 0. The van der Waals surface area contributed by atoms with Crippen LogP contribution in [0.2, 0.25) is 0 Å². The number of rotatable bonds is 6. The van der Waals surface area contributed by atoms with Crippen LogP contribution in [-0.4, -0.2) is 61.5 Å². The van der Waals surface area contributed by atoms with E-state index in [1.807, 2.05) is 0 Å². The number of carbonyl (C=O) groups excluding carboxylic acids is 1. The maximum atomic E-state index is 12.4. The van der Waals surface area contributed by atoms with Crippen molar-refractivity contribution in [1.29, 1.82) is 0 Å². The Balaban J connectivity index is 0.00000242. The van der Waals surface area contributed by atoms with Gasteiger partial charge in [-0.1, -0.05) is 13.8 Å². The molecular formula is C17H35Cl2N3O. The summed E-state index contributed by atoms with van der Waals surface area (Å²) < 4.78 is 0. The number of nitrogens with zero attached hydrogens (tertiary/aromatic N) is 2. The van der Waals surface area contributed by atoms with Crippen molar-refractivity contribution in [3.05, 3.63) is 0 Å². The van der Waals surface area contributed by atoms with Gasteiger partial charge in [-0.05, 0) is 63.7 Å². The van der Waals surface area contributed by atoms with Gasteiger partial charge < -0.3 is 15.1 Å². The van der Waals surface area contributed by atoms with Gasteiger partial charge in [0.05, 0.1) is 0 Å². The SMILES string of the molecule is CCN(CC)CC1CCN(C(=O)CC2CCNCC2)CC1.Cl.Cl. The van der Waals surface area contributed by atoms with Gasteiger partial charge in [0, 0.05) is 26.1 Å². The molecule has 0 radical (unpaired) electrons. The summed E-state index contributed by atoms with van der Waals surface area (Å²) in [5, 5.41) is 3.37. The molecule has 2 heterocycles. The van der Waals surface area contributed by atoms with Crippen molar-refractivity contribution < 1.29 is 4.79 Å². The largest absolute Gasteiger partial charge is 0.343 e. The topological polar surface area (TPSA) is 35.6 Å². The van der Waals surface area contributed by atoms with Gasteiger partial charge in [0.25, 0.3) is 0 Å². The average Bonchev–Trinajstić information content (AvgIpc) is 2.54. The van der Waals surface area contributed by atoms with E-state index in [0.717, 1.165) is 51.6 Å². The molecule has 0 bridgehead atoms. The second-order valence-corrected chi connectivity index (χ2v) is 6.71. The molecule has 2 aliphatic rings. The van der Waals surface area contributed by atoms with Gasteiger partial charge in [-0.25, -0.2) is 0 Å². The van der Waals surface area contributed by atoms with Gasteiger partial charge in [0.2, 0.25) is 5.91 Å². The predicted octanol–water partition coefficient (Wildman–Crippen LogP) is 2.80. The minimum atomic E-state index is 0. The monoisotopic (exact) mass is 367 g/mol. The molecule has 4 nitrogen and oxygen atoms in total. The van der Waals surface area contributed by atoms with Crippen molar-refractivity contribution in [3.63, 3.8) is 0 Å². The predicted molar refractivity (Wildman–Crippen MR) is 102 cm³/mol. The van der Waals surface area contributed by atoms with E-state index in [-0.39, 0.29) is 24.8 Å². The van der Waals surface area contributed by atoms with Crippen LogP contribution in [0, 0.1) is 11.8 Å². The molecule has 0 unspecified atom stereocenters. The molecule has 23 heavy (non-hydrogen) atoms. The Bertz CT molecular complexity index is 313. The number of likely N-dealkylation sites (tertiary alicyclic amines) is 1. The summed E-state index contributed by atoms with van der Waals surface area (Å²) in [6.45, 7) is 12.1. The van der Waals surface area contributed by atoms with Crippen molar-refractivity contribution in [2.75, 3.05) is 45.8 Å². The van der Waals surface area contributed by atoms with Gasteiger partial charge in [-0.3, -0.25) is 4.79 Å². The molecule has 0 atom stereocenters. The van der Waals surface area contributed by atoms with Gasteiger partial charge in [-0.2, -0.15) is 0 Å². The van der Waals surface area contributed by atoms with Crippen molar-refractivity contribution in [3.8, 4) is 0 Å². The molecule has 0 saturated carbocycles. The van der Waals surface area contributed by atoms with E-state index in [1.54, 1.807) is 0 Å². The minimum absolute atomic E-state index is 0. The van der Waals surface area contributed by atoms with Crippen LogP contribution in [0.1, 0.15) is 46.0 Å². The molecule has 138 valence electrons. The fourth-order valence-corrected chi connectivity index (χ4v) is 3.67. The second kappa shape index (κ2) is 12.3. The summed E-state index contributed by atoms with van der Waals surface area (Å²) in [4.78, 5) is 17.0. The number of carbonyl (C=O) groups is 1. The fourth-order valence-electron chi connectivity index (χ4n) is 3.67. The van der Waals surface area contributed by atoms with Crippen LogP contribution in [0.15, 0.2) is 0 Å². The highest BCUT2D eigenvalue weighted by atomic mass is 35.5. The number of hydrogen-bond acceptors (Lipinski definition) is 3. The normalized spacial score (nSPS) is 20.0. The first-order chi connectivity index (χ1) is 10.2. The van der Waals surface area contributed by atoms with Crippen molar-refractivity contribution in [2.24, 2.45) is 11.8 Å². The molecule has 2 fully saturated rings. The summed E-state index contributed by atoms with van der Waals surface area (Å²) in [7, 11) is 0. The zero-order valence-electron chi connectivity index (χ0n) is 14.8. The Morgan fingerprint density at radius 3 is 2.09 bits per heavy atom. The van der Waals surface area contributed by atoms with E-state index in [1.165, 1.54) is 32.2 Å². The minimum Gasteiger partial charge on any atom is -0.343 e. The average molecular weight is 368 g/mol. The van der Waals surface area contributed by atoms with E-state index in [0.29, 0.717) is 11.8 Å². The Kier molecular flexibility index (Phi) is 12.3. The molecule has 2 aliphatic heterocycles. The van der Waals surface area contributed by atoms with E-state index in [4.69, 9.17) is 0 Å². The molecule has 2 saturated heterocycles. The van der Waals surface area contributed by atoms with Crippen LogP contribution in [0.3, 0.4) is 0 Å². The van der Waals surface area contributed by atoms with Crippen LogP contribution >= 0.6 is 24.8 Å². The van der Waals surface area contributed by atoms with Crippen LogP contribution in [-0.2, 0) is 4.79 Å². The summed E-state index contributed by atoms with van der Waals surface area (Å²) >= 11 is 0. The molecule has 1 amide bonds. The Morgan fingerprint density at radius 1 is 1.00 bits per heavy atom. The first-order valence-electron chi connectivity index (χ1n) is 8.93. The summed E-state index contributed by atoms with van der Waals surface area (Å²) in [5.41, 5.74) is 0. The first kappa shape index (κ1) is 23.0. The lowest BCUT2D eigenvalue weighted by molar-refractivity contribution is -0.133. The zero-order valence-corrected chi connectivity index (χ0v) is 16.4. The number of piperidine rings is 2. The van der Waals surface area contributed by atoms with Gasteiger partial charge >= 0.3 is 0 Å². The van der Waals surface area contributed by atoms with Crippen molar-refractivity contribution in [1.82, 2.24) is 15.1 Å². The van der Waals surface area contributed by atoms with E-state index < -0.39 is 0 Å².